The third-order valence-electron chi connectivity index (χ3n) is 3.24. The fraction of sp³-hybridized carbons (Fsp3) is 0.750. The molecule has 0 aromatic heterocycles. The molecule has 1 aliphatic rings. The van der Waals surface area contributed by atoms with Gasteiger partial charge in [0.1, 0.15) is 0 Å². The Morgan fingerprint density at radius 2 is 2.41 bits per heavy atom. The van der Waals surface area contributed by atoms with Crippen LogP contribution in [0.5, 0.6) is 0 Å². The molecule has 5 nitrogen and oxygen atoms in total. The molecule has 0 aromatic rings. The Labute approximate surface area is 101 Å². The van der Waals surface area contributed by atoms with Crippen LogP contribution in [0.15, 0.2) is 11.6 Å². The van der Waals surface area contributed by atoms with E-state index in [9.17, 15) is 14.9 Å². The fourth-order valence-electron chi connectivity index (χ4n) is 2.07. The third-order valence-corrected chi connectivity index (χ3v) is 3.24. The molecule has 0 saturated heterocycles. The van der Waals surface area contributed by atoms with Gasteiger partial charge in [0.2, 0.25) is 6.04 Å². The molecule has 1 aliphatic carbocycles. The number of carbonyl (C=O) groups is 1. The lowest BCUT2D eigenvalue weighted by Crippen LogP contribution is -2.25. The minimum absolute atomic E-state index is 0.106. The first-order valence-corrected chi connectivity index (χ1v) is 5.93. The molecule has 0 spiro atoms. The van der Waals surface area contributed by atoms with E-state index in [2.05, 4.69) is 11.7 Å². The van der Waals surface area contributed by atoms with Crippen LogP contribution in [0.1, 0.15) is 39.0 Å². The number of esters is 1. The van der Waals surface area contributed by atoms with E-state index in [-0.39, 0.29) is 23.7 Å². The fourth-order valence-corrected chi connectivity index (χ4v) is 2.07. The molecule has 0 aliphatic heterocycles. The second-order valence-corrected chi connectivity index (χ2v) is 4.57. The number of nitrogens with zero attached hydrogens (tertiary/aromatic N) is 1. The average molecular weight is 241 g/mol. The van der Waals surface area contributed by atoms with Crippen molar-refractivity contribution >= 4 is 5.97 Å². The second-order valence-electron chi connectivity index (χ2n) is 4.57. The van der Waals surface area contributed by atoms with Crippen LogP contribution in [-0.2, 0) is 9.53 Å². The van der Waals surface area contributed by atoms with Gasteiger partial charge in [-0.1, -0.05) is 13.0 Å². The van der Waals surface area contributed by atoms with Gasteiger partial charge in [-0.15, -0.1) is 0 Å². The van der Waals surface area contributed by atoms with Crippen LogP contribution < -0.4 is 0 Å². The lowest BCUT2D eigenvalue weighted by molar-refractivity contribution is -0.513. The summed E-state index contributed by atoms with van der Waals surface area (Å²) in [5.74, 6) is 0.216. The van der Waals surface area contributed by atoms with E-state index in [0.29, 0.717) is 5.92 Å². The normalized spacial score (nSPS) is 21.5. The van der Waals surface area contributed by atoms with Crippen molar-refractivity contribution in [2.75, 3.05) is 7.11 Å². The van der Waals surface area contributed by atoms with Crippen LogP contribution in [0.25, 0.3) is 0 Å². The number of hydrogen-bond donors (Lipinski definition) is 0. The maximum absolute atomic E-state index is 11.0. The van der Waals surface area contributed by atoms with E-state index in [1.807, 2.05) is 6.08 Å². The zero-order valence-corrected chi connectivity index (χ0v) is 10.3. The Morgan fingerprint density at radius 3 is 2.88 bits per heavy atom. The molecule has 0 amide bonds. The number of methoxy groups -OCH3 is 1. The molecule has 17 heavy (non-hydrogen) atoms. The number of nitro groups is 1. The van der Waals surface area contributed by atoms with Gasteiger partial charge in [0.25, 0.3) is 0 Å². The lowest BCUT2D eigenvalue weighted by atomic mass is 9.86. The first-order chi connectivity index (χ1) is 8.04. The molecule has 0 aromatic carbocycles. The van der Waals surface area contributed by atoms with Gasteiger partial charge in [-0.2, -0.15) is 0 Å². The molecule has 0 bridgehead atoms. The van der Waals surface area contributed by atoms with Crippen molar-refractivity contribution in [3.05, 3.63) is 21.8 Å². The summed E-state index contributed by atoms with van der Waals surface area (Å²) in [7, 11) is 1.30. The summed E-state index contributed by atoms with van der Waals surface area (Å²) in [6.07, 6.45) is 4.98. The molecule has 0 heterocycles. The zero-order chi connectivity index (χ0) is 12.8. The van der Waals surface area contributed by atoms with Crippen LogP contribution >= 0.6 is 0 Å². The number of rotatable bonds is 5. The number of allylic oxidation sites excluding steroid dienone is 1. The maximum atomic E-state index is 11.0. The highest BCUT2D eigenvalue weighted by molar-refractivity contribution is 5.69. The Hall–Kier alpha value is -1.39. The Morgan fingerprint density at radius 1 is 1.71 bits per heavy atom. The smallest absolute Gasteiger partial charge is 0.305 e. The first kappa shape index (κ1) is 13.7. The highest BCUT2D eigenvalue weighted by atomic mass is 16.6. The minimum atomic E-state index is -0.721. The van der Waals surface area contributed by atoms with Crippen LogP contribution in [0.2, 0.25) is 0 Å². The average Bonchev–Trinajstić information content (AvgIpc) is 2.31. The molecule has 1 rings (SSSR count). The van der Waals surface area contributed by atoms with Crippen molar-refractivity contribution in [1.82, 2.24) is 0 Å². The predicted octanol–water partition coefficient (Wildman–Crippen LogP) is 2.33. The molecular formula is C12H19NO4. The Kier molecular flexibility index (Phi) is 5.12. The van der Waals surface area contributed by atoms with Crippen molar-refractivity contribution in [1.29, 1.82) is 0 Å². The maximum Gasteiger partial charge on any atom is 0.305 e. The van der Waals surface area contributed by atoms with Crippen molar-refractivity contribution in [2.45, 2.75) is 45.1 Å². The van der Waals surface area contributed by atoms with E-state index in [1.54, 1.807) is 0 Å². The van der Waals surface area contributed by atoms with Gasteiger partial charge >= 0.3 is 5.97 Å². The summed E-state index contributed by atoms with van der Waals surface area (Å²) in [5, 5.41) is 11.0. The van der Waals surface area contributed by atoms with Crippen LogP contribution in [0.3, 0.4) is 0 Å². The van der Waals surface area contributed by atoms with E-state index in [0.717, 1.165) is 24.8 Å². The highest BCUT2D eigenvalue weighted by Crippen LogP contribution is 2.27. The number of ether oxygens (including phenoxy) is 1. The van der Waals surface area contributed by atoms with E-state index < -0.39 is 6.04 Å². The molecule has 0 fully saturated rings. The van der Waals surface area contributed by atoms with Gasteiger partial charge in [0, 0.05) is 11.3 Å². The molecule has 2 atom stereocenters. The SMILES string of the molecule is COC(=O)CCC(C1=CCC(C)CC1)[N+](=O)[O-]. The van der Waals surface area contributed by atoms with Crippen LogP contribution in [0.4, 0.5) is 0 Å². The monoisotopic (exact) mass is 241 g/mol. The highest BCUT2D eigenvalue weighted by Gasteiger charge is 2.28. The molecule has 2 unspecified atom stereocenters. The van der Waals surface area contributed by atoms with Gasteiger partial charge < -0.3 is 4.74 Å². The van der Waals surface area contributed by atoms with Crippen LogP contribution in [0, 0.1) is 16.0 Å². The lowest BCUT2D eigenvalue weighted by Gasteiger charge is -2.20. The molecule has 0 saturated carbocycles. The summed E-state index contributed by atoms with van der Waals surface area (Å²) >= 11 is 0. The summed E-state index contributed by atoms with van der Waals surface area (Å²) in [4.78, 5) is 21.7. The zero-order valence-electron chi connectivity index (χ0n) is 10.3. The second kappa shape index (κ2) is 6.37. The van der Waals surface area contributed by atoms with Gasteiger partial charge in [0.15, 0.2) is 0 Å². The van der Waals surface area contributed by atoms with Crippen molar-refractivity contribution in [3.63, 3.8) is 0 Å². The molecule has 5 heteroatoms. The van der Waals surface area contributed by atoms with Gasteiger partial charge in [-0.3, -0.25) is 14.9 Å². The molecule has 96 valence electrons. The van der Waals surface area contributed by atoms with Crippen molar-refractivity contribution < 1.29 is 14.5 Å². The summed E-state index contributed by atoms with van der Waals surface area (Å²) < 4.78 is 4.50. The minimum Gasteiger partial charge on any atom is -0.469 e. The van der Waals surface area contributed by atoms with E-state index in [4.69, 9.17) is 0 Å². The van der Waals surface area contributed by atoms with Gasteiger partial charge in [-0.05, 0) is 30.8 Å². The van der Waals surface area contributed by atoms with Crippen LogP contribution in [-0.4, -0.2) is 24.0 Å². The Bertz CT molecular complexity index is 324. The third kappa shape index (κ3) is 4.17. The number of carbonyl (C=O) groups excluding carboxylic acids is 1. The molecule has 0 radical (unpaired) electrons. The van der Waals surface area contributed by atoms with E-state index in [1.165, 1.54) is 7.11 Å². The van der Waals surface area contributed by atoms with Gasteiger partial charge in [-0.25, -0.2) is 0 Å². The summed E-state index contributed by atoms with van der Waals surface area (Å²) in [6, 6.07) is -0.721. The largest absolute Gasteiger partial charge is 0.469 e. The topological polar surface area (TPSA) is 69.4 Å². The van der Waals surface area contributed by atoms with Crippen molar-refractivity contribution in [3.8, 4) is 0 Å². The predicted molar refractivity (Wildman–Crippen MR) is 63.1 cm³/mol. The first-order valence-electron chi connectivity index (χ1n) is 5.93. The Balaban J connectivity index is 2.60. The van der Waals surface area contributed by atoms with E-state index >= 15 is 0 Å². The molecule has 0 N–H and O–H groups in total. The van der Waals surface area contributed by atoms with Crippen molar-refractivity contribution in [2.24, 2.45) is 5.92 Å². The standard InChI is InChI=1S/C12H19NO4/c1-9-3-5-10(6-4-9)11(13(15)16)7-8-12(14)17-2/h5,9,11H,3-4,6-8H2,1-2H3. The summed E-state index contributed by atoms with van der Waals surface area (Å²) in [6.45, 7) is 2.14. The number of hydrogen-bond acceptors (Lipinski definition) is 4. The quantitative estimate of drug-likeness (QED) is 0.320. The molecular weight excluding hydrogens is 222 g/mol. The summed E-state index contributed by atoms with van der Waals surface area (Å²) in [5.41, 5.74) is 0.872. The van der Waals surface area contributed by atoms with Gasteiger partial charge in [0.05, 0.1) is 13.5 Å².